The van der Waals surface area contributed by atoms with Crippen LogP contribution in [0, 0.1) is 6.92 Å². The van der Waals surface area contributed by atoms with Crippen molar-refractivity contribution in [1.82, 2.24) is 5.43 Å². The second-order valence-electron chi connectivity index (χ2n) is 4.79. The monoisotopic (exact) mass is 331 g/mol. The zero-order valence-electron chi connectivity index (χ0n) is 12.7. The number of carbonyl (C=O) groups is 2. The highest BCUT2D eigenvalue weighted by Crippen LogP contribution is 2.16. The molecule has 0 radical (unpaired) electrons. The molecule has 23 heavy (non-hydrogen) atoms. The maximum atomic E-state index is 11.7. The Labute approximate surface area is 137 Å². The molecule has 120 valence electrons. The van der Waals surface area contributed by atoms with Crippen LogP contribution in [0.1, 0.15) is 27.0 Å². The van der Waals surface area contributed by atoms with Crippen LogP contribution in [0.3, 0.4) is 0 Å². The number of ether oxygens (including phenoxy) is 1. The van der Waals surface area contributed by atoms with E-state index in [-0.39, 0.29) is 11.5 Å². The molecule has 0 aliphatic heterocycles. The molecule has 1 aromatic carbocycles. The lowest BCUT2D eigenvalue weighted by Crippen LogP contribution is -2.25. The molecule has 1 N–H and O–H groups in total. The number of rotatable bonds is 6. The number of nitrogens with zero attached hydrogens (tertiary/aromatic N) is 1. The quantitative estimate of drug-likeness (QED) is 0.639. The molecule has 0 saturated carbocycles. The first kappa shape index (κ1) is 16.7. The van der Waals surface area contributed by atoms with E-state index in [1.165, 1.54) is 6.07 Å². The van der Waals surface area contributed by atoms with Crippen LogP contribution in [0.2, 0.25) is 0 Å². The maximum Gasteiger partial charge on any atom is 0.277 e. The van der Waals surface area contributed by atoms with Crippen molar-refractivity contribution in [1.29, 1.82) is 0 Å². The van der Waals surface area contributed by atoms with Crippen LogP contribution in [-0.2, 0) is 4.79 Å². The van der Waals surface area contributed by atoms with Gasteiger partial charge in [0.1, 0.15) is 5.75 Å². The fourth-order valence-electron chi connectivity index (χ4n) is 1.73. The summed E-state index contributed by atoms with van der Waals surface area (Å²) in [4.78, 5) is 23.2. The zero-order chi connectivity index (χ0) is 16.8. The lowest BCUT2D eigenvalue weighted by molar-refractivity contribution is -0.254. The molecule has 0 spiro atoms. The van der Waals surface area contributed by atoms with Gasteiger partial charge in [0.25, 0.3) is 5.91 Å². The van der Waals surface area contributed by atoms with Gasteiger partial charge in [-0.2, -0.15) is 5.10 Å². The van der Waals surface area contributed by atoms with Crippen LogP contribution in [0.4, 0.5) is 0 Å². The van der Waals surface area contributed by atoms with Crippen molar-refractivity contribution in [3.63, 3.8) is 0 Å². The highest BCUT2D eigenvalue weighted by Gasteiger charge is 2.06. The number of amides is 1. The van der Waals surface area contributed by atoms with Crippen LogP contribution >= 0.6 is 11.3 Å². The minimum Gasteiger partial charge on any atom is -0.544 e. The number of thiophene rings is 1. The second-order valence-corrected chi connectivity index (χ2v) is 5.87. The van der Waals surface area contributed by atoms with Gasteiger partial charge in [0, 0.05) is 0 Å². The third kappa shape index (κ3) is 4.93. The lowest BCUT2D eigenvalue weighted by atomic mass is 10.2. The van der Waals surface area contributed by atoms with Gasteiger partial charge in [-0.1, -0.05) is 12.1 Å². The SMILES string of the molecule is C/C(=N/NC(=O)COc1cccc(C)c1)c1ccc(C(=O)[O-])s1. The molecule has 0 aliphatic rings. The Morgan fingerprint density at radius 2 is 2.00 bits per heavy atom. The standard InChI is InChI=1S/C16H16N2O4S/c1-10-4-3-5-12(8-10)22-9-15(19)18-17-11(2)13-6-7-14(23-13)16(20)21/h3-8H,9H2,1-2H3,(H,18,19)(H,20,21)/p-1/b17-11-. The van der Waals surface area contributed by atoms with E-state index in [0.29, 0.717) is 16.3 Å². The minimum atomic E-state index is -1.23. The predicted molar refractivity (Wildman–Crippen MR) is 85.7 cm³/mol. The Balaban J connectivity index is 1.88. The van der Waals surface area contributed by atoms with Crippen LogP contribution in [0.25, 0.3) is 0 Å². The largest absolute Gasteiger partial charge is 0.544 e. The number of aryl methyl sites for hydroxylation is 1. The number of carboxylic acid groups (broad SMARTS) is 1. The van der Waals surface area contributed by atoms with Gasteiger partial charge in [-0.3, -0.25) is 4.79 Å². The molecule has 6 nitrogen and oxygen atoms in total. The molecule has 1 amide bonds. The zero-order valence-corrected chi connectivity index (χ0v) is 13.5. The first-order valence-electron chi connectivity index (χ1n) is 6.80. The average molecular weight is 331 g/mol. The first-order valence-corrected chi connectivity index (χ1v) is 7.61. The molecule has 2 aromatic rings. The Hall–Kier alpha value is -2.67. The highest BCUT2D eigenvalue weighted by atomic mass is 32.1. The number of nitrogens with one attached hydrogen (secondary N) is 1. The van der Waals surface area contributed by atoms with Gasteiger partial charge >= 0.3 is 0 Å². The van der Waals surface area contributed by atoms with E-state index in [4.69, 9.17) is 4.74 Å². The number of hydrazone groups is 1. The first-order chi connectivity index (χ1) is 11.0. The Morgan fingerprint density at radius 1 is 1.26 bits per heavy atom. The Bertz CT molecular complexity index is 752. The van der Waals surface area contributed by atoms with Crippen molar-refractivity contribution < 1.29 is 19.4 Å². The highest BCUT2D eigenvalue weighted by molar-refractivity contribution is 7.15. The molecule has 0 bridgehead atoms. The number of carboxylic acids is 1. The summed E-state index contributed by atoms with van der Waals surface area (Å²) in [5.74, 6) is -1.02. The van der Waals surface area contributed by atoms with E-state index < -0.39 is 11.9 Å². The molecule has 7 heteroatoms. The number of hydrogen-bond donors (Lipinski definition) is 1. The molecule has 1 heterocycles. The van der Waals surface area contributed by atoms with E-state index in [2.05, 4.69) is 10.5 Å². The number of aromatic carboxylic acids is 1. The van der Waals surface area contributed by atoms with E-state index >= 15 is 0 Å². The van der Waals surface area contributed by atoms with Crippen molar-refractivity contribution in [2.75, 3.05) is 6.61 Å². The fourth-order valence-corrected chi connectivity index (χ4v) is 2.52. The van der Waals surface area contributed by atoms with Gasteiger partial charge in [0.2, 0.25) is 0 Å². The number of hydrogen-bond acceptors (Lipinski definition) is 6. The molecule has 0 atom stereocenters. The summed E-state index contributed by atoms with van der Waals surface area (Å²) in [6.45, 7) is 3.45. The van der Waals surface area contributed by atoms with E-state index in [1.54, 1.807) is 19.1 Å². The van der Waals surface area contributed by atoms with Gasteiger partial charge in [0.05, 0.1) is 21.4 Å². The summed E-state index contributed by atoms with van der Waals surface area (Å²) in [5, 5.41) is 14.7. The average Bonchev–Trinajstić information content (AvgIpc) is 3.01. The van der Waals surface area contributed by atoms with Gasteiger partial charge in [-0.25, -0.2) is 5.43 Å². The normalized spacial score (nSPS) is 11.1. The van der Waals surface area contributed by atoms with Gasteiger partial charge in [-0.05, 0) is 43.7 Å². The number of carbonyl (C=O) groups excluding carboxylic acids is 2. The summed E-state index contributed by atoms with van der Waals surface area (Å²) in [5.41, 5.74) is 3.92. The second kappa shape index (κ2) is 7.55. The van der Waals surface area contributed by atoms with Crippen LogP contribution in [-0.4, -0.2) is 24.2 Å². The van der Waals surface area contributed by atoms with Crippen molar-refractivity contribution in [2.45, 2.75) is 13.8 Å². The summed E-state index contributed by atoms with van der Waals surface area (Å²) in [7, 11) is 0. The van der Waals surface area contributed by atoms with Crippen LogP contribution < -0.4 is 15.3 Å². The molecule has 2 rings (SSSR count). The molecule has 0 saturated heterocycles. The van der Waals surface area contributed by atoms with Crippen molar-refractivity contribution in [2.24, 2.45) is 5.10 Å². The van der Waals surface area contributed by atoms with Crippen LogP contribution in [0.5, 0.6) is 5.75 Å². The topological polar surface area (TPSA) is 90.8 Å². The summed E-state index contributed by atoms with van der Waals surface area (Å²) < 4.78 is 5.36. The van der Waals surface area contributed by atoms with Gasteiger partial charge < -0.3 is 14.6 Å². The summed E-state index contributed by atoms with van der Waals surface area (Å²) >= 11 is 1.04. The minimum absolute atomic E-state index is 0.114. The van der Waals surface area contributed by atoms with Crippen molar-refractivity contribution >= 4 is 28.9 Å². The molecule has 0 aliphatic carbocycles. The summed E-state index contributed by atoms with van der Waals surface area (Å²) in [6.07, 6.45) is 0. The third-order valence-electron chi connectivity index (χ3n) is 2.87. The third-order valence-corrected chi connectivity index (χ3v) is 4.05. The molecule has 0 fully saturated rings. The van der Waals surface area contributed by atoms with Gasteiger partial charge in [-0.15, -0.1) is 11.3 Å². The Morgan fingerprint density at radius 3 is 2.65 bits per heavy atom. The predicted octanol–water partition coefficient (Wildman–Crippen LogP) is 1.34. The lowest BCUT2D eigenvalue weighted by Gasteiger charge is -2.06. The number of benzene rings is 1. The fraction of sp³-hybridized carbons (Fsp3) is 0.188. The van der Waals surface area contributed by atoms with Crippen molar-refractivity contribution in [3.05, 3.63) is 51.7 Å². The van der Waals surface area contributed by atoms with Gasteiger partial charge in [0.15, 0.2) is 6.61 Å². The van der Waals surface area contributed by atoms with Crippen molar-refractivity contribution in [3.8, 4) is 5.75 Å². The van der Waals surface area contributed by atoms with E-state index in [0.717, 1.165) is 16.9 Å². The van der Waals surface area contributed by atoms with E-state index in [1.807, 2.05) is 25.1 Å². The van der Waals surface area contributed by atoms with E-state index in [9.17, 15) is 14.7 Å². The summed E-state index contributed by atoms with van der Waals surface area (Å²) in [6, 6.07) is 10.4. The Kier molecular flexibility index (Phi) is 5.48. The maximum absolute atomic E-state index is 11.7. The molecule has 0 unspecified atom stereocenters. The molecule has 1 aromatic heterocycles. The molecular formula is C16H15N2O4S-. The molecular weight excluding hydrogens is 316 g/mol. The van der Waals surface area contributed by atoms with Crippen LogP contribution in [0.15, 0.2) is 41.5 Å². The smallest absolute Gasteiger partial charge is 0.277 e.